The predicted molar refractivity (Wildman–Crippen MR) is 40.8 cm³/mol. The predicted octanol–water partition coefficient (Wildman–Crippen LogP) is 2.27. The van der Waals surface area contributed by atoms with Gasteiger partial charge in [-0.3, -0.25) is 0 Å². The third-order valence-electron chi connectivity index (χ3n) is 0.479. The Bertz CT molecular complexity index is 158. The molecule has 9 heavy (non-hydrogen) atoms. The van der Waals surface area contributed by atoms with E-state index >= 15 is 0 Å². The lowest BCUT2D eigenvalue weighted by atomic mass is 10.7. The fourth-order valence-electron chi connectivity index (χ4n) is 0.183. The van der Waals surface area contributed by atoms with Crippen LogP contribution in [0.25, 0.3) is 0 Å². The zero-order valence-electron chi connectivity index (χ0n) is 4.93. The third kappa shape index (κ3) is 5.36. The molecule has 0 atom stereocenters. The van der Waals surface area contributed by atoms with Crippen molar-refractivity contribution in [2.75, 3.05) is 0 Å². The van der Waals surface area contributed by atoms with Gasteiger partial charge in [-0.1, -0.05) is 15.9 Å². The van der Waals surface area contributed by atoms with Gasteiger partial charge in [0.05, 0.1) is 0 Å². The molecule has 0 radical (unpaired) electrons. The quantitative estimate of drug-likeness (QED) is 0.346. The molecule has 0 amide bonds. The fourth-order valence-corrected chi connectivity index (χ4v) is 0.285. The standard InChI is InChI=1S/C5H6BrFN2/c1-4(6)3-9-5(7)8-2/h3H,2H2,1H3/b4-3+,9-5?. The minimum absolute atomic E-state index is 0.737. The van der Waals surface area contributed by atoms with E-state index in [1.165, 1.54) is 6.20 Å². The average Bonchev–Trinajstić information content (AvgIpc) is 1.83. The number of rotatable bonds is 1. The van der Waals surface area contributed by atoms with Crippen LogP contribution < -0.4 is 0 Å². The second-order valence-corrected chi connectivity index (χ2v) is 2.52. The summed E-state index contributed by atoms with van der Waals surface area (Å²) < 4.78 is 12.7. The van der Waals surface area contributed by atoms with Crippen LogP contribution in [0, 0.1) is 0 Å². The topological polar surface area (TPSA) is 24.7 Å². The molecule has 0 aromatic heterocycles. The number of hydrogen-bond acceptors (Lipinski definition) is 1. The maximum Gasteiger partial charge on any atom is 0.307 e. The second-order valence-electron chi connectivity index (χ2n) is 1.27. The average molecular weight is 193 g/mol. The number of nitrogens with zero attached hydrogens (tertiary/aromatic N) is 2. The van der Waals surface area contributed by atoms with Crippen LogP contribution in [0.4, 0.5) is 4.39 Å². The number of halogens is 2. The van der Waals surface area contributed by atoms with E-state index in [0.717, 1.165) is 4.48 Å². The van der Waals surface area contributed by atoms with Gasteiger partial charge in [-0.2, -0.15) is 4.39 Å². The first-order valence-electron chi connectivity index (χ1n) is 2.19. The van der Waals surface area contributed by atoms with Crippen molar-refractivity contribution in [2.45, 2.75) is 6.92 Å². The molecule has 0 aromatic carbocycles. The summed E-state index contributed by atoms with van der Waals surface area (Å²) in [6.45, 7) is 4.67. The molecule has 0 rings (SSSR count). The van der Waals surface area contributed by atoms with E-state index in [-0.39, 0.29) is 0 Å². The Morgan fingerprint density at radius 1 is 1.78 bits per heavy atom. The first kappa shape index (κ1) is 8.49. The summed E-state index contributed by atoms with van der Waals surface area (Å²) in [5.74, 6) is 0. The lowest BCUT2D eigenvalue weighted by Crippen LogP contribution is -1.76. The molecular weight excluding hydrogens is 187 g/mol. The van der Waals surface area contributed by atoms with Gasteiger partial charge in [-0.15, -0.1) is 0 Å². The van der Waals surface area contributed by atoms with Gasteiger partial charge in [0.15, 0.2) is 0 Å². The lowest BCUT2D eigenvalue weighted by Gasteiger charge is -1.80. The fraction of sp³-hybridized carbons (Fsp3) is 0.200. The molecule has 0 spiro atoms. The van der Waals surface area contributed by atoms with Crippen molar-refractivity contribution in [1.29, 1.82) is 0 Å². The van der Waals surface area contributed by atoms with E-state index in [1.54, 1.807) is 6.92 Å². The van der Waals surface area contributed by atoms with Gasteiger partial charge in [0.1, 0.15) is 0 Å². The van der Waals surface area contributed by atoms with E-state index in [0.29, 0.717) is 0 Å². The highest BCUT2D eigenvalue weighted by Gasteiger charge is 1.83. The smallest absolute Gasteiger partial charge is 0.219 e. The van der Waals surface area contributed by atoms with E-state index < -0.39 is 6.09 Å². The molecule has 0 unspecified atom stereocenters. The Morgan fingerprint density at radius 3 is 2.67 bits per heavy atom. The molecule has 2 nitrogen and oxygen atoms in total. The summed E-state index contributed by atoms with van der Waals surface area (Å²) in [5, 5.41) is 0. The summed E-state index contributed by atoms with van der Waals surface area (Å²) in [7, 11) is 0. The highest BCUT2D eigenvalue weighted by Crippen LogP contribution is 2.01. The SMILES string of the molecule is C=NC(F)=N/C=C(\C)Br. The number of hydrogen-bond donors (Lipinski definition) is 0. The van der Waals surface area contributed by atoms with Gasteiger partial charge in [-0.05, 0) is 13.6 Å². The minimum atomic E-state index is -0.825. The number of aliphatic imine (C=N–C) groups is 2. The summed E-state index contributed by atoms with van der Waals surface area (Å²) in [6, 6.07) is 0. The van der Waals surface area contributed by atoms with Crippen LogP contribution in [0.2, 0.25) is 0 Å². The van der Waals surface area contributed by atoms with Crippen LogP contribution in [0.1, 0.15) is 6.92 Å². The van der Waals surface area contributed by atoms with Gasteiger partial charge < -0.3 is 0 Å². The van der Waals surface area contributed by atoms with Crippen molar-refractivity contribution in [3.63, 3.8) is 0 Å². The first-order valence-corrected chi connectivity index (χ1v) is 2.98. The minimum Gasteiger partial charge on any atom is -0.219 e. The van der Waals surface area contributed by atoms with Gasteiger partial charge in [0.2, 0.25) is 0 Å². The van der Waals surface area contributed by atoms with Gasteiger partial charge >= 0.3 is 6.09 Å². The summed E-state index contributed by atoms with van der Waals surface area (Å²) in [4.78, 5) is 6.18. The zero-order valence-corrected chi connectivity index (χ0v) is 6.52. The zero-order chi connectivity index (χ0) is 7.28. The molecular formula is C5H6BrFN2. The highest BCUT2D eigenvalue weighted by molar-refractivity contribution is 9.11. The number of amidine groups is 1. The third-order valence-corrected chi connectivity index (χ3v) is 0.684. The number of allylic oxidation sites excluding steroid dienone is 1. The monoisotopic (exact) mass is 192 g/mol. The van der Waals surface area contributed by atoms with Crippen LogP contribution in [-0.4, -0.2) is 12.8 Å². The normalized spacial score (nSPS) is 13.7. The van der Waals surface area contributed by atoms with Crippen molar-refractivity contribution in [3.05, 3.63) is 10.7 Å². The maximum atomic E-state index is 11.9. The molecule has 0 heterocycles. The van der Waals surface area contributed by atoms with Crippen molar-refractivity contribution < 1.29 is 4.39 Å². The Balaban J connectivity index is 3.98. The van der Waals surface area contributed by atoms with Gasteiger partial charge in [0.25, 0.3) is 0 Å². The molecule has 0 saturated carbocycles. The molecule has 50 valence electrons. The molecule has 0 aliphatic rings. The van der Waals surface area contributed by atoms with Gasteiger partial charge in [-0.25, -0.2) is 9.98 Å². The van der Waals surface area contributed by atoms with Gasteiger partial charge in [0, 0.05) is 10.7 Å². The van der Waals surface area contributed by atoms with E-state index in [1.807, 2.05) is 0 Å². The largest absolute Gasteiger partial charge is 0.307 e. The summed E-state index contributed by atoms with van der Waals surface area (Å²) >= 11 is 3.06. The van der Waals surface area contributed by atoms with E-state index in [4.69, 9.17) is 0 Å². The van der Waals surface area contributed by atoms with Crippen LogP contribution >= 0.6 is 15.9 Å². The summed E-state index contributed by atoms with van der Waals surface area (Å²) in [6.07, 6.45) is 0.484. The Kier molecular flexibility index (Phi) is 4.13. The molecule has 0 aliphatic carbocycles. The van der Waals surface area contributed by atoms with E-state index in [2.05, 4.69) is 32.6 Å². The maximum absolute atomic E-state index is 11.9. The second kappa shape index (κ2) is 4.38. The van der Waals surface area contributed by atoms with Crippen molar-refractivity contribution in [2.24, 2.45) is 9.98 Å². The van der Waals surface area contributed by atoms with E-state index in [9.17, 15) is 4.39 Å². The van der Waals surface area contributed by atoms with Crippen LogP contribution in [0.5, 0.6) is 0 Å². The molecule has 0 aliphatic heterocycles. The van der Waals surface area contributed by atoms with Crippen LogP contribution in [0.15, 0.2) is 20.7 Å². The summed E-state index contributed by atoms with van der Waals surface area (Å²) in [5.41, 5.74) is 0. The van der Waals surface area contributed by atoms with Crippen molar-refractivity contribution in [1.82, 2.24) is 0 Å². The molecule has 0 bridgehead atoms. The molecule has 0 fully saturated rings. The molecule has 0 N–H and O–H groups in total. The molecule has 0 saturated heterocycles. The Labute approximate surface area is 61.3 Å². The lowest BCUT2D eigenvalue weighted by molar-refractivity contribution is 0.791. The first-order chi connectivity index (χ1) is 4.16. The van der Waals surface area contributed by atoms with Crippen molar-refractivity contribution in [3.8, 4) is 0 Å². The molecule has 0 aromatic rings. The van der Waals surface area contributed by atoms with Crippen molar-refractivity contribution >= 4 is 28.7 Å². The van der Waals surface area contributed by atoms with Crippen LogP contribution in [0.3, 0.4) is 0 Å². The molecule has 4 heteroatoms. The Hall–Kier alpha value is -0.510. The van der Waals surface area contributed by atoms with Crippen LogP contribution in [-0.2, 0) is 0 Å². The Morgan fingerprint density at radius 2 is 2.33 bits per heavy atom. The highest BCUT2D eigenvalue weighted by atomic mass is 79.9.